The summed E-state index contributed by atoms with van der Waals surface area (Å²) in [4.78, 5) is 4.64. The molecule has 0 fully saturated rings. The van der Waals surface area contributed by atoms with E-state index in [0.717, 1.165) is 27.3 Å². The molecule has 110 valence electrons. The van der Waals surface area contributed by atoms with Crippen LogP contribution in [0.1, 0.15) is 30.7 Å². The Kier molecular flexibility index (Phi) is 4.23. The molecule has 0 unspecified atom stereocenters. The van der Waals surface area contributed by atoms with Crippen LogP contribution in [0.4, 0.5) is 0 Å². The molecule has 0 bridgehead atoms. The molecule has 0 atom stereocenters. The lowest BCUT2D eigenvalue weighted by Gasteiger charge is -2.12. The highest BCUT2D eigenvalue weighted by Gasteiger charge is 2.15. The van der Waals surface area contributed by atoms with E-state index < -0.39 is 0 Å². The molecule has 0 radical (unpaired) electrons. The average molecular weight is 319 g/mol. The molecule has 0 aliphatic rings. The van der Waals surface area contributed by atoms with Crippen LogP contribution in [0.3, 0.4) is 0 Å². The van der Waals surface area contributed by atoms with Crippen molar-refractivity contribution in [2.45, 2.75) is 37.3 Å². The Labute approximate surface area is 131 Å². The highest BCUT2D eigenvalue weighted by atomic mass is 32.2. The number of rotatable bonds is 5. The topological polar surface area (TPSA) is 69.6 Å². The van der Waals surface area contributed by atoms with Crippen molar-refractivity contribution in [2.24, 2.45) is 5.73 Å². The van der Waals surface area contributed by atoms with Gasteiger partial charge in [0.1, 0.15) is 10.8 Å². The summed E-state index contributed by atoms with van der Waals surface area (Å²) in [6, 6.07) is 8.51. The van der Waals surface area contributed by atoms with Crippen LogP contribution in [-0.4, -0.2) is 19.7 Å². The first-order chi connectivity index (χ1) is 10.2. The molecule has 0 amide bonds. The van der Waals surface area contributed by atoms with Gasteiger partial charge in [-0.25, -0.2) is 4.98 Å². The van der Waals surface area contributed by atoms with Gasteiger partial charge in [-0.05, 0) is 26.0 Å². The SMILES string of the molecule is CC(C)n1c(CN)nnc1SCc1nc2ccccc2s1. The third kappa shape index (κ3) is 2.95. The summed E-state index contributed by atoms with van der Waals surface area (Å²) in [6.07, 6.45) is 0. The van der Waals surface area contributed by atoms with Gasteiger partial charge < -0.3 is 10.3 Å². The van der Waals surface area contributed by atoms with Crippen LogP contribution in [0.15, 0.2) is 29.4 Å². The van der Waals surface area contributed by atoms with Crippen LogP contribution in [0.25, 0.3) is 10.2 Å². The Morgan fingerprint density at radius 1 is 1.29 bits per heavy atom. The molecular formula is C14H17N5S2. The van der Waals surface area contributed by atoms with Crippen LogP contribution >= 0.6 is 23.1 Å². The Morgan fingerprint density at radius 3 is 2.81 bits per heavy atom. The second-order valence-electron chi connectivity index (χ2n) is 4.93. The largest absolute Gasteiger partial charge is 0.324 e. The lowest BCUT2D eigenvalue weighted by Crippen LogP contribution is -2.11. The Bertz CT molecular complexity index is 714. The summed E-state index contributed by atoms with van der Waals surface area (Å²) in [7, 11) is 0. The van der Waals surface area contributed by atoms with Crippen LogP contribution in [0.2, 0.25) is 0 Å². The molecule has 7 heteroatoms. The molecule has 0 spiro atoms. The smallest absolute Gasteiger partial charge is 0.191 e. The number of thiazole rings is 1. The second kappa shape index (κ2) is 6.13. The molecule has 21 heavy (non-hydrogen) atoms. The van der Waals surface area contributed by atoms with Gasteiger partial charge >= 0.3 is 0 Å². The van der Waals surface area contributed by atoms with Crippen molar-refractivity contribution < 1.29 is 0 Å². The predicted molar refractivity (Wildman–Crippen MR) is 87.5 cm³/mol. The maximum atomic E-state index is 5.72. The van der Waals surface area contributed by atoms with Crippen molar-refractivity contribution in [3.05, 3.63) is 35.1 Å². The monoisotopic (exact) mass is 319 g/mol. The number of thioether (sulfide) groups is 1. The van der Waals surface area contributed by atoms with Gasteiger partial charge in [0, 0.05) is 6.04 Å². The summed E-state index contributed by atoms with van der Waals surface area (Å²) >= 11 is 3.39. The van der Waals surface area contributed by atoms with Gasteiger partial charge in [-0.15, -0.1) is 21.5 Å². The van der Waals surface area contributed by atoms with E-state index in [1.807, 2.05) is 18.2 Å². The van der Waals surface area contributed by atoms with E-state index in [1.165, 1.54) is 4.70 Å². The zero-order valence-corrected chi connectivity index (χ0v) is 13.6. The standard InChI is InChI=1S/C14H17N5S2/c1-9(2)19-12(7-15)17-18-14(19)20-8-13-16-10-5-3-4-6-11(10)21-13/h3-6,9H,7-8,15H2,1-2H3. The highest BCUT2D eigenvalue weighted by Crippen LogP contribution is 2.29. The first-order valence-electron chi connectivity index (χ1n) is 6.80. The van der Waals surface area contributed by atoms with Crippen LogP contribution in [-0.2, 0) is 12.3 Å². The summed E-state index contributed by atoms with van der Waals surface area (Å²) in [5, 5.41) is 10.4. The maximum Gasteiger partial charge on any atom is 0.191 e. The lowest BCUT2D eigenvalue weighted by atomic mass is 10.3. The minimum atomic E-state index is 0.302. The van der Waals surface area contributed by atoms with Crippen LogP contribution < -0.4 is 5.73 Å². The summed E-state index contributed by atoms with van der Waals surface area (Å²) in [6.45, 7) is 4.64. The minimum Gasteiger partial charge on any atom is -0.324 e. The number of fused-ring (bicyclic) bond motifs is 1. The van der Waals surface area contributed by atoms with E-state index in [-0.39, 0.29) is 0 Å². The van der Waals surface area contributed by atoms with Gasteiger partial charge in [-0.2, -0.15) is 0 Å². The summed E-state index contributed by atoms with van der Waals surface area (Å²) in [5.74, 6) is 1.63. The Hall–Kier alpha value is -1.44. The third-order valence-electron chi connectivity index (χ3n) is 3.10. The molecule has 0 saturated heterocycles. The quantitative estimate of drug-likeness (QED) is 0.731. The number of aromatic nitrogens is 4. The molecule has 3 rings (SSSR count). The highest BCUT2D eigenvalue weighted by molar-refractivity contribution is 7.98. The van der Waals surface area contributed by atoms with Gasteiger partial charge in [0.25, 0.3) is 0 Å². The van der Waals surface area contributed by atoms with Crippen LogP contribution in [0.5, 0.6) is 0 Å². The molecule has 3 aromatic rings. The molecule has 0 aliphatic heterocycles. The first kappa shape index (κ1) is 14.5. The second-order valence-corrected chi connectivity index (χ2v) is 6.99. The summed E-state index contributed by atoms with van der Waals surface area (Å²) < 4.78 is 3.32. The fraction of sp³-hybridized carbons (Fsp3) is 0.357. The fourth-order valence-corrected chi connectivity index (χ4v) is 4.22. The zero-order chi connectivity index (χ0) is 14.8. The average Bonchev–Trinajstić information content (AvgIpc) is 3.07. The predicted octanol–water partition coefficient (Wildman–Crippen LogP) is 3.22. The summed E-state index contributed by atoms with van der Waals surface area (Å²) in [5.41, 5.74) is 6.78. The van der Waals surface area contributed by atoms with Gasteiger partial charge in [-0.3, -0.25) is 0 Å². The van der Waals surface area contributed by atoms with Gasteiger partial charge in [-0.1, -0.05) is 23.9 Å². The van der Waals surface area contributed by atoms with Crippen molar-refractivity contribution in [3.63, 3.8) is 0 Å². The first-order valence-corrected chi connectivity index (χ1v) is 8.60. The van der Waals surface area contributed by atoms with Crippen molar-refractivity contribution in [3.8, 4) is 0 Å². The normalized spacial score (nSPS) is 11.6. The molecule has 0 saturated carbocycles. The molecule has 1 aromatic carbocycles. The van der Waals surface area contributed by atoms with Crippen molar-refractivity contribution in [2.75, 3.05) is 0 Å². The van der Waals surface area contributed by atoms with Gasteiger partial charge in [0.2, 0.25) is 0 Å². The lowest BCUT2D eigenvalue weighted by molar-refractivity contribution is 0.526. The maximum absolute atomic E-state index is 5.72. The van der Waals surface area contributed by atoms with E-state index in [4.69, 9.17) is 5.73 Å². The van der Waals surface area contributed by atoms with Crippen molar-refractivity contribution in [1.29, 1.82) is 0 Å². The Morgan fingerprint density at radius 2 is 2.10 bits per heavy atom. The molecule has 0 aliphatic carbocycles. The molecule has 2 heterocycles. The van der Waals surface area contributed by atoms with E-state index in [0.29, 0.717) is 12.6 Å². The van der Waals surface area contributed by atoms with E-state index in [9.17, 15) is 0 Å². The number of hydrogen-bond donors (Lipinski definition) is 1. The number of benzene rings is 1. The minimum absolute atomic E-state index is 0.302. The van der Waals surface area contributed by atoms with E-state index in [2.05, 4.69) is 39.7 Å². The number of nitrogens with zero attached hydrogens (tertiary/aromatic N) is 4. The third-order valence-corrected chi connectivity index (χ3v) is 5.27. The fourth-order valence-electron chi connectivity index (χ4n) is 2.17. The van der Waals surface area contributed by atoms with E-state index >= 15 is 0 Å². The number of hydrogen-bond acceptors (Lipinski definition) is 6. The molecule has 2 aromatic heterocycles. The van der Waals surface area contributed by atoms with Crippen molar-refractivity contribution >= 4 is 33.3 Å². The molecular weight excluding hydrogens is 302 g/mol. The number of nitrogens with two attached hydrogens (primary N) is 1. The van der Waals surface area contributed by atoms with Crippen molar-refractivity contribution in [1.82, 2.24) is 19.7 Å². The van der Waals surface area contributed by atoms with Gasteiger partial charge in [0.15, 0.2) is 5.16 Å². The molecule has 5 nitrogen and oxygen atoms in total. The molecule has 2 N–H and O–H groups in total. The number of para-hydroxylation sites is 1. The van der Waals surface area contributed by atoms with Crippen LogP contribution in [0, 0.1) is 0 Å². The zero-order valence-electron chi connectivity index (χ0n) is 12.0. The Balaban J connectivity index is 1.80. The van der Waals surface area contributed by atoms with Gasteiger partial charge in [0.05, 0.1) is 22.5 Å². The van der Waals surface area contributed by atoms with E-state index in [1.54, 1.807) is 23.1 Å².